The number of pyridine rings is 2. The van der Waals surface area contributed by atoms with E-state index in [9.17, 15) is 22.8 Å². The quantitative estimate of drug-likeness (QED) is 0.587. The van der Waals surface area contributed by atoms with Gasteiger partial charge in [0, 0.05) is 69.5 Å². The molecule has 0 saturated carbocycles. The summed E-state index contributed by atoms with van der Waals surface area (Å²) in [6.07, 6.45) is -0.446. The van der Waals surface area contributed by atoms with Crippen molar-refractivity contribution in [3.8, 4) is 0 Å². The molecule has 0 radical (unpaired) electrons. The van der Waals surface area contributed by atoms with Crippen molar-refractivity contribution in [2.24, 2.45) is 0 Å². The molecule has 1 N–H and O–H groups in total. The zero-order valence-electron chi connectivity index (χ0n) is 20.3. The number of nitrogens with zero attached hydrogens (tertiary/aromatic N) is 4. The summed E-state index contributed by atoms with van der Waals surface area (Å²) >= 11 is 0. The molecular weight excluding hydrogens is 491 g/mol. The lowest BCUT2D eigenvalue weighted by atomic mass is 10.1. The van der Waals surface area contributed by atoms with Gasteiger partial charge in [0.25, 0.3) is 5.56 Å². The fourth-order valence-electron chi connectivity index (χ4n) is 5.25. The molecule has 2 aromatic heterocycles. The first-order valence-electron chi connectivity index (χ1n) is 12.4. The van der Waals surface area contributed by atoms with Crippen LogP contribution < -0.4 is 10.9 Å². The molecule has 37 heavy (non-hydrogen) atoms. The molecule has 1 amide bonds. The number of alkyl halides is 3. The lowest BCUT2D eigenvalue weighted by Crippen LogP contribution is -2.49. The average Bonchev–Trinajstić information content (AvgIpc) is 3.53. The van der Waals surface area contributed by atoms with Crippen LogP contribution in [0.15, 0.2) is 41.5 Å². The topological polar surface area (TPSA) is 88.9 Å². The van der Waals surface area contributed by atoms with Crippen molar-refractivity contribution in [1.82, 2.24) is 24.7 Å². The number of halogens is 3. The molecule has 5 heterocycles. The number of carbonyl (C=O) groups excluding carboxylic acids is 1. The van der Waals surface area contributed by atoms with Gasteiger partial charge in [-0.05, 0) is 24.1 Å². The maximum absolute atomic E-state index is 13.2. The monoisotopic (exact) mass is 521 g/mol. The Morgan fingerprint density at radius 1 is 1.24 bits per heavy atom. The molecule has 12 heteroatoms. The predicted molar refractivity (Wildman–Crippen MR) is 127 cm³/mol. The number of hydrogen-bond acceptors (Lipinski definition) is 7. The molecule has 0 spiro atoms. The number of aromatic nitrogens is 2. The van der Waals surface area contributed by atoms with Crippen LogP contribution in [0.4, 0.5) is 13.2 Å². The van der Waals surface area contributed by atoms with Crippen LogP contribution in [-0.2, 0) is 40.1 Å². The van der Waals surface area contributed by atoms with Crippen molar-refractivity contribution < 1.29 is 27.4 Å². The van der Waals surface area contributed by atoms with E-state index < -0.39 is 17.3 Å². The highest BCUT2D eigenvalue weighted by Crippen LogP contribution is 2.29. The number of likely N-dealkylation sites (tertiary alicyclic amines) is 1. The summed E-state index contributed by atoms with van der Waals surface area (Å²) in [5.74, 6) is -0.229. The predicted octanol–water partition coefficient (Wildman–Crippen LogP) is 1.25. The molecule has 0 aromatic carbocycles. The second-order valence-corrected chi connectivity index (χ2v) is 9.79. The van der Waals surface area contributed by atoms with E-state index in [0.717, 1.165) is 24.7 Å². The van der Waals surface area contributed by atoms with Gasteiger partial charge in [-0.1, -0.05) is 6.07 Å². The van der Waals surface area contributed by atoms with Gasteiger partial charge in [0.05, 0.1) is 37.5 Å². The Balaban J connectivity index is 1.22. The number of hydrogen-bond donors (Lipinski definition) is 1. The second-order valence-electron chi connectivity index (χ2n) is 9.79. The molecule has 2 saturated heterocycles. The van der Waals surface area contributed by atoms with Crippen molar-refractivity contribution in [2.45, 2.75) is 50.5 Å². The van der Waals surface area contributed by atoms with Gasteiger partial charge in [0.1, 0.15) is 0 Å². The summed E-state index contributed by atoms with van der Waals surface area (Å²) in [6.45, 7) is 3.77. The largest absolute Gasteiger partial charge is 0.416 e. The maximum atomic E-state index is 13.2. The van der Waals surface area contributed by atoms with Crippen LogP contribution in [0, 0.1) is 0 Å². The Labute approximate surface area is 212 Å². The van der Waals surface area contributed by atoms with Crippen LogP contribution in [0.1, 0.15) is 23.2 Å². The van der Waals surface area contributed by atoms with Crippen molar-refractivity contribution in [1.29, 1.82) is 0 Å². The van der Waals surface area contributed by atoms with Crippen molar-refractivity contribution >= 4 is 5.91 Å². The first-order valence-corrected chi connectivity index (χ1v) is 12.4. The van der Waals surface area contributed by atoms with E-state index in [4.69, 9.17) is 9.47 Å². The fraction of sp³-hybridized carbons (Fsp3) is 0.560. The van der Waals surface area contributed by atoms with Crippen LogP contribution in [0.5, 0.6) is 0 Å². The highest BCUT2D eigenvalue weighted by atomic mass is 19.4. The van der Waals surface area contributed by atoms with E-state index in [2.05, 4.69) is 15.2 Å². The Hall–Kier alpha value is -2.80. The normalized spacial score (nSPS) is 24.8. The lowest BCUT2D eigenvalue weighted by molar-refractivity contribution is -0.138. The van der Waals surface area contributed by atoms with Crippen LogP contribution in [0.2, 0.25) is 0 Å². The van der Waals surface area contributed by atoms with Crippen LogP contribution >= 0.6 is 0 Å². The third-order valence-electron chi connectivity index (χ3n) is 7.18. The lowest BCUT2D eigenvalue weighted by Gasteiger charge is -2.30. The first kappa shape index (κ1) is 25.8. The molecule has 0 aliphatic carbocycles. The molecule has 3 aliphatic heterocycles. The zero-order chi connectivity index (χ0) is 26.0. The molecule has 9 nitrogen and oxygen atoms in total. The minimum Gasteiger partial charge on any atom is -0.380 e. The van der Waals surface area contributed by atoms with Gasteiger partial charge in [0.2, 0.25) is 5.91 Å². The number of ether oxygens (including phenoxy) is 2. The smallest absolute Gasteiger partial charge is 0.380 e. The van der Waals surface area contributed by atoms with Gasteiger partial charge in [0.15, 0.2) is 0 Å². The van der Waals surface area contributed by atoms with Crippen molar-refractivity contribution in [3.63, 3.8) is 0 Å². The second kappa shape index (κ2) is 10.9. The van der Waals surface area contributed by atoms with Crippen molar-refractivity contribution in [3.05, 3.63) is 63.8 Å². The molecule has 3 atom stereocenters. The summed E-state index contributed by atoms with van der Waals surface area (Å²) in [4.78, 5) is 33.3. The Kier molecular flexibility index (Phi) is 7.61. The summed E-state index contributed by atoms with van der Waals surface area (Å²) in [5, 5.41) is 3.08. The summed E-state index contributed by atoms with van der Waals surface area (Å²) < 4.78 is 52.6. The molecule has 200 valence electrons. The third-order valence-corrected chi connectivity index (χ3v) is 7.18. The summed E-state index contributed by atoms with van der Waals surface area (Å²) in [5.41, 5.74) is -0.449. The van der Waals surface area contributed by atoms with Gasteiger partial charge >= 0.3 is 6.18 Å². The molecule has 3 aliphatic rings. The third kappa shape index (κ3) is 6.20. The summed E-state index contributed by atoms with van der Waals surface area (Å²) in [6, 6.07) is 5.44. The van der Waals surface area contributed by atoms with E-state index in [1.165, 1.54) is 4.57 Å². The Morgan fingerprint density at radius 3 is 2.84 bits per heavy atom. The van der Waals surface area contributed by atoms with Gasteiger partial charge < -0.3 is 19.4 Å². The number of carbonyl (C=O) groups is 1. The Morgan fingerprint density at radius 2 is 2.11 bits per heavy atom. The molecule has 0 bridgehead atoms. The minimum atomic E-state index is -4.60. The fourth-order valence-corrected chi connectivity index (χ4v) is 5.25. The van der Waals surface area contributed by atoms with Crippen LogP contribution in [0.3, 0.4) is 0 Å². The van der Waals surface area contributed by atoms with Crippen molar-refractivity contribution in [2.75, 3.05) is 39.4 Å². The minimum absolute atomic E-state index is 0.0167. The number of fused-ring (bicyclic) bond motifs is 1. The number of rotatable bonds is 7. The van der Waals surface area contributed by atoms with Gasteiger partial charge in [-0.25, -0.2) is 0 Å². The Bertz CT molecular complexity index is 1150. The van der Waals surface area contributed by atoms with E-state index >= 15 is 0 Å². The first-order chi connectivity index (χ1) is 17.8. The van der Waals surface area contributed by atoms with Gasteiger partial charge in [-0.2, -0.15) is 13.2 Å². The van der Waals surface area contributed by atoms with E-state index in [0.29, 0.717) is 38.9 Å². The van der Waals surface area contributed by atoms with E-state index in [1.807, 2.05) is 12.1 Å². The van der Waals surface area contributed by atoms with Gasteiger partial charge in [-0.3, -0.25) is 24.4 Å². The molecule has 2 fully saturated rings. The van der Waals surface area contributed by atoms with E-state index in [-0.39, 0.29) is 49.4 Å². The summed E-state index contributed by atoms with van der Waals surface area (Å²) in [7, 11) is 0. The maximum Gasteiger partial charge on any atom is 0.416 e. The molecule has 2 aromatic rings. The highest BCUT2D eigenvalue weighted by molar-refractivity contribution is 5.78. The zero-order valence-corrected chi connectivity index (χ0v) is 20.3. The molecule has 5 rings (SSSR count). The highest BCUT2D eigenvalue weighted by Gasteiger charge is 2.39. The van der Waals surface area contributed by atoms with Crippen LogP contribution in [0.25, 0.3) is 0 Å². The van der Waals surface area contributed by atoms with Gasteiger partial charge in [-0.15, -0.1) is 0 Å². The average molecular weight is 522 g/mol. The molecular formula is C25H30F3N5O4. The molecule has 2 unspecified atom stereocenters. The number of nitrogens with one attached hydrogen (secondary N) is 1. The standard InChI is InChI=1S/C25H30F3N5O4/c26-25(27,28)18-8-20-11-31(5-6-33(20)24(35)9-18)14-23(34)30-21-12-32(19-3-7-36-16-19)13-22(21)37-15-17-2-1-4-29-10-17/h1-2,4,8-10,19,21-22H,3,5-7,11-16H2,(H,30,34)/t19?,21?,22-/m0/s1. The van der Waals surface area contributed by atoms with E-state index in [1.54, 1.807) is 17.3 Å². The SMILES string of the molecule is O=C(CN1CCn2c(cc(C(F)(F)F)cc2=O)C1)NC1CN(C2CCOC2)C[C@@H]1OCc1cccnc1. The number of amides is 1. The van der Waals surface area contributed by atoms with Crippen LogP contribution in [-0.4, -0.2) is 82.8 Å².